The van der Waals surface area contributed by atoms with Gasteiger partial charge in [0.2, 0.25) is 10.0 Å². The summed E-state index contributed by atoms with van der Waals surface area (Å²) in [7, 11) is -3.61. The Labute approximate surface area is 155 Å². The highest BCUT2D eigenvalue weighted by Gasteiger charge is 2.20. The van der Waals surface area contributed by atoms with Gasteiger partial charge in [-0.1, -0.05) is 52.0 Å². The summed E-state index contributed by atoms with van der Waals surface area (Å²) in [5, 5.41) is 2.90. The summed E-state index contributed by atoms with van der Waals surface area (Å²) >= 11 is 0. The van der Waals surface area contributed by atoms with Crippen LogP contribution in [0.25, 0.3) is 0 Å². The van der Waals surface area contributed by atoms with Gasteiger partial charge >= 0.3 is 0 Å². The minimum absolute atomic E-state index is 0.0858. The first kappa shape index (κ1) is 20.1. The maximum Gasteiger partial charge on any atom is 0.255 e. The lowest BCUT2D eigenvalue weighted by Gasteiger charge is -2.23. The van der Waals surface area contributed by atoms with E-state index in [0.717, 1.165) is 11.3 Å². The molecule has 0 saturated carbocycles. The van der Waals surface area contributed by atoms with E-state index in [2.05, 4.69) is 30.8 Å². The van der Waals surface area contributed by atoms with Crippen LogP contribution in [0.4, 0.5) is 5.69 Å². The second-order valence-corrected chi connectivity index (χ2v) is 8.94. The zero-order valence-electron chi connectivity index (χ0n) is 15.7. The number of nitrogens with one attached hydrogen (secondary N) is 2. The van der Waals surface area contributed by atoms with E-state index in [0.29, 0.717) is 18.5 Å². The molecule has 0 saturated heterocycles. The van der Waals surface area contributed by atoms with Crippen molar-refractivity contribution in [1.82, 2.24) is 4.72 Å². The molecule has 0 bridgehead atoms. The number of anilines is 1. The predicted octanol–water partition coefficient (Wildman–Crippen LogP) is 3.92. The first-order chi connectivity index (χ1) is 12.1. The predicted molar refractivity (Wildman–Crippen MR) is 105 cm³/mol. The molecule has 0 radical (unpaired) electrons. The maximum atomic E-state index is 12.7. The number of carbonyl (C=O) groups excluding carboxylic acids is 1. The number of hydrogen-bond acceptors (Lipinski definition) is 3. The van der Waals surface area contributed by atoms with Crippen molar-refractivity contribution in [3.05, 3.63) is 59.7 Å². The van der Waals surface area contributed by atoms with Crippen LogP contribution >= 0.6 is 0 Å². The summed E-state index contributed by atoms with van der Waals surface area (Å²) in [6, 6.07) is 13.7. The normalized spacial score (nSPS) is 12.0. The Balaban J connectivity index is 2.29. The van der Waals surface area contributed by atoms with Gasteiger partial charge in [-0.2, -0.15) is 0 Å². The maximum absolute atomic E-state index is 12.7. The Hall–Kier alpha value is -2.18. The van der Waals surface area contributed by atoms with Gasteiger partial charge in [0.25, 0.3) is 5.91 Å². The van der Waals surface area contributed by atoms with Gasteiger partial charge in [0, 0.05) is 17.8 Å². The van der Waals surface area contributed by atoms with Crippen molar-refractivity contribution >= 4 is 21.6 Å². The summed E-state index contributed by atoms with van der Waals surface area (Å²) in [6.45, 7) is 8.47. The van der Waals surface area contributed by atoms with E-state index in [-0.39, 0.29) is 16.2 Å². The minimum Gasteiger partial charge on any atom is -0.322 e. The van der Waals surface area contributed by atoms with Crippen LogP contribution in [0.15, 0.2) is 53.4 Å². The summed E-state index contributed by atoms with van der Waals surface area (Å²) in [5.41, 5.74) is 1.91. The quantitative estimate of drug-likeness (QED) is 0.804. The molecule has 0 fully saturated rings. The van der Waals surface area contributed by atoms with Gasteiger partial charge < -0.3 is 5.32 Å². The molecule has 5 nitrogen and oxygen atoms in total. The van der Waals surface area contributed by atoms with Crippen LogP contribution in [0.3, 0.4) is 0 Å². The highest BCUT2D eigenvalue weighted by Crippen LogP contribution is 2.29. The zero-order valence-corrected chi connectivity index (χ0v) is 16.5. The zero-order chi connectivity index (χ0) is 19.4. The van der Waals surface area contributed by atoms with E-state index < -0.39 is 10.0 Å². The highest BCUT2D eigenvalue weighted by atomic mass is 32.2. The molecule has 0 aliphatic heterocycles. The third-order valence-corrected chi connectivity index (χ3v) is 5.39. The summed E-state index contributed by atoms with van der Waals surface area (Å²) < 4.78 is 27.0. The van der Waals surface area contributed by atoms with Crippen LogP contribution in [0, 0.1) is 0 Å². The number of benzene rings is 2. The fraction of sp³-hybridized carbons (Fsp3) is 0.350. The molecule has 2 rings (SSSR count). The van der Waals surface area contributed by atoms with Crippen molar-refractivity contribution in [2.75, 3.05) is 11.9 Å². The third-order valence-electron chi connectivity index (χ3n) is 3.93. The van der Waals surface area contributed by atoms with Crippen molar-refractivity contribution in [1.29, 1.82) is 0 Å². The van der Waals surface area contributed by atoms with Gasteiger partial charge in [0.1, 0.15) is 0 Å². The summed E-state index contributed by atoms with van der Waals surface area (Å²) in [5.74, 6) is -0.339. The Kier molecular flexibility index (Phi) is 6.21. The van der Waals surface area contributed by atoms with Crippen molar-refractivity contribution < 1.29 is 13.2 Å². The van der Waals surface area contributed by atoms with Gasteiger partial charge in [-0.05, 0) is 41.7 Å². The number of sulfonamides is 1. The Morgan fingerprint density at radius 2 is 1.73 bits per heavy atom. The Bertz CT molecular complexity index is 884. The molecule has 6 heteroatoms. The number of rotatable bonds is 6. The SMILES string of the molecule is CCCNS(=O)(=O)c1cccc(C(=O)Nc2ccccc2C(C)(C)C)c1. The largest absolute Gasteiger partial charge is 0.322 e. The minimum atomic E-state index is -3.61. The van der Waals surface area contributed by atoms with E-state index in [1.807, 2.05) is 31.2 Å². The topological polar surface area (TPSA) is 75.3 Å². The van der Waals surface area contributed by atoms with Gasteiger partial charge in [-0.25, -0.2) is 13.1 Å². The molecule has 26 heavy (non-hydrogen) atoms. The van der Waals surface area contributed by atoms with Gasteiger partial charge in [0.15, 0.2) is 0 Å². The third kappa shape index (κ3) is 4.93. The number of carbonyl (C=O) groups is 1. The first-order valence-corrected chi connectivity index (χ1v) is 10.1. The Morgan fingerprint density at radius 1 is 1.04 bits per heavy atom. The van der Waals surface area contributed by atoms with Crippen molar-refractivity contribution in [2.45, 2.75) is 44.4 Å². The fourth-order valence-corrected chi connectivity index (χ4v) is 3.74. The molecular weight excluding hydrogens is 348 g/mol. The molecule has 1 amide bonds. The Morgan fingerprint density at radius 3 is 2.38 bits per heavy atom. The average molecular weight is 375 g/mol. The van der Waals surface area contributed by atoms with Crippen LogP contribution < -0.4 is 10.0 Å². The van der Waals surface area contributed by atoms with Crippen LogP contribution in [-0.2, 0) is 15.4 Å². The van der Waals surface area contributed by atoms with Gasteiger partial charge in [-0.15, -0.1) is 0 Å². The van der Waals surface area contributed by atoms with E-state index in [9.17, 15) is 13.2 Å². The lowest BCUT2D eigenvalue weighted by molar-refractivity contribution is 0.102. The number of amides is 1. The molecule has 0 aliphatic carbocycles. The lowest BCUT2D eigenvalue weighted by Crippen LogP contribution is -2.25. The van der Waals surface area contributed by atoms with Crippen molar-refractivity contribution in [3.8, 4) is 0 Å². The lowest BCUT2D eigenvalue weighted by atomic mass is 9.86. The van der Waals surface area contributed by atoms with Gasteiger partial charge in [-0.3, -0.25) is 4.79 Å². The number of hydrogen-bond donors (Lipinski definition) is 2. The van der Waals surface area contributed by atoms with E-state index in [1.54, 1.807) is 12.1 Å². The average Bonchev–Trinajstić information content (AvgIpc) is 2.59. The molecule has 0 heterocycles. The van der Waals surface area contributed by atoms with Crippen molar-refractivity contribution in [2.24, 2.45) is 0 Å². The van der Waals surface area contributed by atoms with Crippen LogP contribution in [0.1, 0.15) is 50.0 Å². The van der Waals surface area contributed by atoms with E-state index in [1.165, 1.54) is 12.1 Å². The van der Waals surface area contributed by atoms with Crippen LogP contribution in [-0.4, -0.2) is 20.9 Å². The summed E-state index contributed by atoms with van der Waals surface area (Å²) in [6.07, 6.45) is 0.697. The molecular formula is C20H26N2O3S. The fourth-order valence-electron chi connectivity index (χ4n) is 2.56. The van der Waals surface area contributed by atoms with E-state index in [4.69, 9.17) is 0 Å². The molecule has 2 aromatic rings. The van der Waals surface area contributed by atoms with Crippen LogP contribution in [0.5, 0.6) is 0 Å². The van der Waals surface area contributed by atoms with Crippen molar-refractivity contribution in [3.63, 3.8) is 0 Å². The second-order valence-electron chi connectivity index (χ2n) is 7.18. The summed E-state index contributed by atoms with van der Waals surface area (Å²) in [4.78, 5) is 12.7. The highest BCUT2D eigenvalue weighted by molar-refractivity contribution is 7.89. The van der Waals surface area contributed by atoms with Crippen LogP contribution in [0.2, 0.25) is 0 Å². The van der Waals surface area contributed by atoms with Gasteiger partial charge in [0.05, 0.1) is 4.90 Å². The second kappa shape index (κ2) is 8.01. The standard InChI is InChI=1S/C20H26N2O3S/c1-5-13-21-26(24,25)16-10-8-9-15(14-16)19(23)22-18-12-7-6-11-17(18)20(2,3)4/h6-12,14,21H,5,13H2,1-4H3,(H,22,23). The number of para-hydroxylation sites is 1. The molecule has 0 aliphatic rings. The van der Waals surface area contributed by atoms with E-state index >= 15 is 0 Å². The molecule has 0 atom stereocenters. The molecule has 140 valence electrons. The molecule has 2 N–H and O–H groups in total. The smallest absolute Gasteiger partial charge is 0.255 e. The molecule has 0 aromatic heterocycles. The first-order valence-electron chi connectivity index (χ1n) is 8.66. The molecule has 0 unspecified atom stereocenters. The monoisotopic (exact) mass is 374 g/mol. The molecule has 2 aromatic carbocycles. The molecule has 0 spiro atoms.